The Morgan fingerprint density at radius 2 is 1.82 bits per heavy atom. The van der Waals surface area contributed by atoms with Crippen LogP contribution in [-0.4, -0.2) is 50.8 Å². The van der Waals surface area contributed by atoms with Crippen LogP contribution in [0.2, 0.25) is 0 Å². The molecule has 0 saturated heterocycles. The number of nitrogens with zero attached hydrogens (tertiary/aromatic N) is 6. The van der Waals surface area contributed by atoms with Crippen molar-refractivity contribution in [3.8, 4) is 35.2 Å². The Balaban J connectivity index is 1.32. The first kappa shape index (κ1) is 24.9. The molecule has 2 aromatic heterocycles. The SMILES string of the molecule is Cc1nc2nc(Oc3cc(C#N)ccc3OCc3ccccc3)nc(Oc3cccc(C4=NCCN4C)c3)c2[nH]1. The number of imidazole rings is 1. The third-order valence-corrected chi connectivity index (χ3v) is 6.29. The van der Waals surface area contributed by atoms with Crippen molar-refractivity contribution < 1.29 is 14.2 Å². The maximum absolute atomic E-state index is 9.47. The standard InChI is InChI=1S/C30H25N7O3/c1-19-33-26-27(34-19)35-30(36-29(26)39-23-10-6-9-22(16-23)28-32-13-14-37(28)2)40-25-15-21(17-31)11-12-24(25)38-18-20-7-4-3-5-8-20/h3-12,15-16H,13-14,18H2,1-2H3,(H,33,34,35,36). The maximum Gasteiger partial charge on any atom is 0.327 e. The number of rotatable bonds is 8. The minimum atomic E-state index is 0.00436. The maximum atomic E-state index is 9.47. The van der Waals surface area contributed by atoms with Crippen LogP contribution in [0.25, 0.3) is 11.2 Å². The van der Waals surface area contributed by atoms with Crippen LogP contribution in [0.1, 0.15) is 22.5 Å². The van der Waals surface area contributed by atoms with Crippen molar-refractivity contribution >= 4 is 17.0 Å². The minimum Gasteiger partial charge on any atom is -0.485 e. The van der Waals surface area contributed by atoms with Crippen LogP contribution in [0, 0.1) is 18.3 Å². The van der Waals surface area contributed by atoms with Crippen molar-refractivity contribution in [2.24, 2.45) is 4.99 Å². The van der Waals surface area contributed by atoms with E-state index in [0.29, 0.717) is 46.4 Å². The van der Waals surface area contributed by atoms with Crippen LogP contribution in [0.3, 0.4) is 0 Å². The molecule has 40 heavy (non-hydrogen) atoms. The van der Waals surface area contributed by atoms with Crippen LogP contribution in [0.15, 0.2) is 77.8 Å². The monoisotopic (exact) mass is 531 g/mol. The molecule has 1 aliphatic heterocycles. The lowest BCUT2D eigenvalue weighted by Crippen LogP contribution is -2.23. The van der Waals surface area contributed by atoms with E-state index in [1.54, 1.807) is 18.2 Å². The summed E-state index contributed by atoms with van der Waals surface area (Å²) in [4.78, 5) is 23.4. The Morgan fingerprint density at radius 1 is 0.950 bits per heavy atom. The molecule has 1 aliphatic rings. The van der Waals surface area contributed by atoms with Gasteiger partial charge >= 0.3 is 6.01 Å². The number of nitrogens with one attached hydrogen (secondary N) is 1. The number of aromatic nitrogens is 4. The van der Waals surface area contributed by atoms with Gasteiger partial charge in [0.25, 0.3) is 5.88 Å². The zero-order chi connectivity index (χ0) is 27.5. The Kier molecular flexibility index (Phi) is 6.68. The molecule has 0 saturated carbocycles. The molecule has 3 aromatic carbocycles. The summed E-state index contributed by atoms with van der Waals surface area (Å²) in [7, 11) is 2.02. The fourth-order valence-electron chi connectivity index (χ4n) is 4.35. The van der Waals surface area contributed by atoms with Gasteiger partial charge in [0.2, 0.25) is 0 Å². The molecule has 0 aliphatic carbocycles. The van der Waals surface area contributed by atoms with Crippen molar-refractivity contribution in [3.63, 3.8) is 0 Å². The highest BCUT2D eigenvalue weighted by molar-refractivity contribution is 5.99. The van der Waals surface area contributed by atoms with Crippen molar-refractivity contribution in [2.45, 2.75) is 13.5 Å². The van der Waals surface area contributed by atoms with E-state index in [-0.39, 0.29) is 11.9 Å². The fourth-order valence-corrected chi connectivity index (χ4v) is 4.35. The smallest absolute Gasteiger partial charge is 0.327 e. The summed E-state index contributed by atoms with van der Waals surface area (Å²) in [6.45, 7) is 3.80. The van der Waals surface area contributed by atoms with Gasteiger partial charge in [0.1, 0.15) is 29.5 Å². The number of amidine groups is 1. The van der Waals surface area contributed by atoms with Gasteiger partial charge in [-0.25, -0.2) is 4.98 Å². The highest BCUT2D eigenvalue weighted by atomic mass is 16.5. The van der Waals surface area contributed by atoms with Gasteiger partial charge in [0.05, 0.1) is 18.2 Å². The zero-order valence-electron chi connectivity index (χ0n) is 22.0. The number of ether oxygens (including phenoxy) is 3. The van der Waals surface area contributed by atoms with E-state index in [1.165, 1.54) is 0 Å². The van der Waals surface area contributed by atoms with Crippen molar-refractivity contribution in [1.29, 1.82) is 5.26 Å². The van der Waals surface area contributed by atoms with Gasteiger partial charge in [-0.15, -0.1) is 0 Å². The van der Waals surface area contributed by atoms with Crippen LogP contribution in [0.5, 0.6) is 29.1 Å². The summed E-state index contributed by atoms with van der Waals surface area (Å²) in [6.07, 6.45) is 0. The fraction of sp³-hybridized carbons (Fsp3) is 0.167. The third-order valence-electron chi connectivity index (χ3n) is 6.29. The van der Waals surface area contributed by atoms with Crippen LogP contribution >= 0.6 is 0 Å². The Labute approximate surface area is 230 Å². The quantitative estimate of drug-likeness (QED) is 0.283. The first-order chi connectivity index (χ1) is 19.6. The number of aliphatic imine (C=N–C) groups is 1. The van der Waals surface area contributed by atoms with E-state index in [0.717, 1.165) is 30.1 Å². The molecule has 0 amide bonds. The second kappa shape index (κ2) is 10.7. The van der Waals surface area contributed by atoms with E-state index in [9.17, 15) is 5.26 Å². The van der Waals surface area contributed by atoms with Crippen LogP contribution in [0.4, 0.5) is 0 Å². The molecule has 10 heteroatoms. The first-order valence-electron chi connectivity index (χ1n) is 12.7. The minimum absolute atomic E-state index is 0.00436. The molecule has 3 heterocycles. The Bertz CT molecular complexity index is 1760. The van der Waals surface area contributed by atoms with Crippen LogP contribution < -0.4 is 14.2 Å². The molecule has 0 unspecified atom stereocenters. The molecule has 1 N–H and O–H groups in total. The topological polar surface area (TPSA) is 122 Å². The van der Waals surface area contributed by atoms with Gasteiger partial charge < -0.3 is 24.1 Å². The molecular weight excluding hydrogens is 506 g/mol. The van der Waals surface area contributed by atoms with E-state index < -0.39 is 0 Å². The molecule has 6 rings (SSSR count). The number of H-pyrrole nitrogens is 1. The van der Waals surface area contributed by atoms with E-state index >= 15 is 0 Å². The van der Waals surface area contributed by atoms with E-state index in [1.807, 2.05) is 68.6 Å². The number of fused-ring (bicyclic) bond motifs is 1. The van der Waals surface area contributed by atoms with Crippen LogP contribution in [-0.2, 0) is 6.61 Å². The largest absolute Gasteiger partial charge is 0.485 e. The van der Waals surface area contributed by atoms with Gasteiger partial charge in [-0.1, -0.05) is 42.5 Å². The van der Waals surface area contributed by atoms with Crippen molar-refractivity contribution in [3.05, 3.63) is 95.3 Å². The number of hydrogen-bond donors (Lipinski definition) is 1. The number of nitriles is 1. The molecule has 198 valence electrons. The highest BCUT2D eigenvalue weighted by Crippen LogP contribution is 2.35. The second-order valence-corrected chi connectivity index (χ2v) is 9.24. The summed E-state index contributed by atoms with van der Waals surface area (Å²) in [5.41, 5.74) is 3.28. The third kappa shape index (κ3) is 5.26. The molecule has 10 nitrogen and oxygen atoms in total. The normalized spacial score (nSPS) is 12.7. The molecule has 5 aromatic rings. The number of hydrogen-bond acceptors (Lipinski definition) is 9. The number of aromatic amines is 1. The number of likely N-dealkylation sites (N-methyl/N-ethyl adjacent to an activating group) is 1. The number of benzene rings is 3. The zero-order valence-corrected chi connectivity index (χ0v) is 22.0. The predicted octanol–water partition coefficient (Wildman–Crippen LogP) is 5.39. The Hall–Kier alpha value is -5.43. The summed E-state index contributed by atoms with van der Waals surface area (Å²) >= 11 is 0. The average molecular weight is 532 g/mol. The summed E-state index contributed by atoms with van der Waals surface area (Å²) in [5, 5.41) is 9.47. The van der Waals surface area contributed by atoms with Gasteiger partial charge in [-0.2, -0.15) is 15.2 Å². The second-order valence-electron chi connectivity index (χ2n) is 9.24. The van der Waals surface area contributed by atoms with Gasteiger partial charge in [0, 0.05) is 25.2 Å². The van der Waals surface area contributed by atoms with E-state index in [2.05, 4.69) is 35.9 Å². The highest BCUT2D eigenvalue weighted by Gasteiger charge is 2.19. The van der Waals surface area contributed by atoms with E-state index in [4.69, 9.17) is 14.2 Å². The van der Waals surface area contributed by atoms with Gasteiger partial charge in [0.15, 0.2) is 17.1 Å². The summed E-state index contributed by atoms with van der Waals surface area (Å²) in [6, 6.07) is 24.5. The molecule has 0 radical (unpaired) electrons. The summed E-state index contributed by atoms with van der Waals surface area (Å²) in [5.74, 6) is 3.15. The lowest BCUT2D eigenvalue weighted by Gasteiger charge is -2.15. The van der Waals surface area contributed by atoms with Gasteiger partial charge in [-0.3, -0.25) is 4.99 Å². The molecule has 0 atom stereocenters. The molecule has 0 spiro atoms. The lowest BCUT2D eigenvalue weighted by atomic mass is 10.2. The predicted molar refractivity (Wildman–Crippen MR) is 149 cm³/mol. The van der Waals surface area contributed by atoms with Gasteiger partial charge in [-0.05, 0) is 36.8 Å². The van der Waals surface area contributed by atoms with Crippen molar-refractivity contribution in [1.82, 2.24) is 24.8 Å². The number of aryl methyl sites for hydroxylation is 1. The Morgan fingerprint density at radius 3 is 2.62 bits per heavy atom. The summed E-state index contributed by atoms with van der Waals surface area (Å²) < 4.78 is 18.4. The lowest BCUT2D eigenvalue weighted by molar-refractivity contribution is 0.288. The first-order valence-corrected chi connectivity index (χ1v) is 12.7. The molecule has 0 fully saturated rings. The molecule has 0 bridgehead atoms. The average Bonchev–Trinajstić information content (AvgIpc) is 3.57. The molecular formula is C30H25N7O3. The van der Waals surface area contributed by atoms with Crippen molar-refractivity contribution in [2.75, 3.05) is 20.1 Å².